The fourth-order valence-corrected chi connectivity index (χ4v) is 2.85. The van der Waals surface area contributed by atoms with Crippen LogP contribution in [0.1, 0.15) is 34.2 Å². The van der Waals surface area contributed by atoms with Gasteiger partial charge in [0, 0.05) is 6.54 Å². The maximum atomic E-state index is 11.4. The van der Waals surface area contributed by atoms with E-state index in [1.54, 1.807) is 6.07 Å². The lowest BCUT2D eigenvalue weighted by Gasteiger charge is -2.14. The second-order valence-corrected chi connectivity index (χ2v) is 5.37. The van der Waals surface area contributed by atoms with E-state index < -0.39 is 5.91 Å². The zero-order valence-corrected chi connectivity index (χ0v) is 11.8. The minimum absolute atomic E-state index is 0.256. The predicted molar refractivity (Wildman–Crippen MR) is 79.4 cm³/mol. The highest BCUT2D eigenvalue weighted by molar-refractivity contribution is 5.90. The van der Waals surface area contributed by atoms with E-state index in [0.717, 1.165) is 31.8 Å². The molecule has 21 heavy (non-hydrogen) atoms. The number of amides is 1. The molecule has 1 aliphatic heterocycles. The van der Waals surface area contributed by atoms with Crippen molar-refractivity contribution in [2.24, 2.45) is 5.84 Å². The van der Waals surface area contributed by atoms with Gasteiger partial charge in [-0.3, -0.25) is 15.1 Å². The Hall–Kier alpha value is -2.11. The van der Waals surface area contributed by atoms with E-state index in [2.05, 4.69) is 34.6 Å². The summed E-state index contributed by atoms with van der Waals surface area (Å²) in [6, 6.07) is 14.1. The van der Waals surface area contributed by atoms with Gasteiger partial charge in [0.15, 0.2) is 5.76 Å². The largest absolute Gasteiger partial charge is 0.455 e. The van der Waals surface area contributed by atoms with E-state index in [1.165, 1.54) is 5.56 Å². The normalized spacial score (nSPS) is 18.8. The molecule has 5 heteroatoms. The first-order chi connectivity index (χ1) is 10.3. The molecule has 3 rings (SSSR count). The van der Waals surface area contributed by atoms with Crippen molar-refractivity contribution in [1.82, 2.24) is 10.3 Å². The number of carbonyl (C=O) groups excluding carboxylic acids is 1. The second kappa shape index (κ2) is 6.11. The topological polar surface area (TPSA) is 71.5 Å². The molecule has 1 aromatic heterocycles. The smallest absolute Gasteiger partial charge is 0.300 e. The molecule has 5 nitrogen and oxygen atoms in total. The summed E-state index contributed by atoms with van der Waals surface area (Å²) >= 11 is 0. The van der Waals surface area contributed by atoms with E-state index in [1.807, 2.05) is 12.1 Å². The molecule has 1 aliphatic rings. The van der Waals surface area contributed by atoms with Crippen LogP contribution in [0.15, 0.2) is 46.9 Å². The number of benzene rings is 1. The van der Waals surface area contributed by atoms with Crippen LogP contribution >= 0.6 is 0 Å². The number of hydrogen-bond acceptors (Lipinski definition) is 4. The first-order valence-corrected chi connectivity index (χ1v) is 7.13. The summed E-state index contributed by atoms with van der Waals surface area (Å²) in [5, 5.41) is 0. The number of nitrogens with two attached hydrogens (primary N) is 1. The summed E-state index contributed by atoms with van der Waals surface area (Å²) < 4.78 is 5.51. The molecule has 2 heterocycles. The van der Waals surface area contributed by atoms with Crippen LogP contribution < -0.4 is 11.3 Å². The third-order valence-electron chi connectivity index (χ3n) is 3.94. The lowest BCUT2D eigenvalue weighted by molar-refractivity contribution is 0.0922. The van der Waals surface area contributed by atoms with E-state index in [-0.39, 0.29) is 5.76 Å². The van der Waals surface area contributed by atoms with Crippen LogP contribution in [0.4, 0.5) is 0 Å². The summed E-state index contributed by atoms with van der Waals surface area (Å²) in [5.41, 5.74) is 3.46. The van der Waals surface area contributed by atoms with Gasteiger partial charge >= 0.3 is 5.91 Å². The summed E-state index contributed by atoms with van der Waals surface area (Å²) in [6.45, 7) is 2.78. The van der Waals surface area contributed by atoms with Crippen LogP contribution in [-0.2, 0) is 6.54 Å². The van der Waals surface area contributed by atoms with Gasteiger partial charge in [0.25, 0.3) is 0 Å². The van der Waals surface area contributed by atoms with Crippen LogP contribution in [0, 0.1) is 0 Å². The van der Waals surface area contributed by atoms with Gasteiger partial charge in [-0.1, -0.05) is 30.3 Å². The second-order valence-electron chi connectivity index (χ2n) is 5.37. The Labute approximate surface area is 123 Å². The number of furan rings is 1. The van der Waals surface area contributed by atoms with Gasteiger partial charge < -0.3 is 4.42 Å². The van der Waals surface area contributed by atoms with Gasteiger partial charge in [0.2, 0.25) is 0 Å². The molecular formula is C16H19N3O2. The number of hydrogen-bond donors (Lipinski definition) is 2. The Morgan fingerprint density at radius 1 is 1.29 bits per heavy atom. The number of nitrogens with zero attached hydrogens (tertiary/aromatic N) is 1. The van der Waals surface area contributed by atoms with Crippen molar-refractivity contribution in [3.63, 3.8) is 0 Å². The zero-order valence-electron chi connectivity index (χ0n) is 11.8. The monoisotopic (exact) mass is 285 g/mol. The van der Waals surface area contributed by atoms with Crippen LogP contribution in [0.5, 0.6) is 0 Å². The molecule has 0 spiro atoms. The molecule has 0 bridgehead atoms. The lowest BCUT2D eigenvalue weighted by atomic mass is 9.99. The first-order valence-electron chi connectivity index (χ1n) is 7.13. The lowest BCUT2D eigenvalue weighted by Crippen LogP contribution is -2.29. The van der Waals surface area contributed by atoms with Gasteiger partial charge in [0.1, 0.15) is 5.76 Å². The molecule has 2 aromatic rings. The number of carbonyl (C=O) groups is 1. The van der Waals surface area contributed by atoms with Gasteiger partial charge in [0.05, 0.1) is 6.54 Å². The standard InChI is InChI=1S/C16H19N3O2/c17-18-16(20)15-7-6-14(21-15)11-19-9-8-13(10-19)12-4-2-1-3-5-12/h1-7,13H,8-11,17H2,(H,18,20). The molecule has 1 atom stereocenters. The third-order valence-corrected chi connectivity index (χ3v) is 3.94. The average Bonchev–Trinajstić information content (AvgIpc) is 3.17. The average molecular weight is 285 g/mol. The van der Waals surface area contributed by atoms with Crippen molar-refractivity contribution in [1.29, 1.82) is 0 Å². The Morgan fingerprint density at radius 2 is 2.10 bits per heavy atom. The van der Waals surface area contributed by atoms with Crippen LogP contribution in [-0.4, -0.2) is 23.9 Å². The van der Waals surface area contributed by atoms with Crippen molar-refractivity contribution in [3.8, 4) is 0 Å². The maximum absolute atomic E-state index is 11.4. The number of rotatable bonds is 4. The molecule has 110 valence electrons. The van der Waals surface area contributed by atoms with Crippen molar-refractivity contribution in [3.05, 3.63) is 59.5 Å². The molecule has 1 aromatic carbocycles. The Bertz CT molecular complexity index is 609. The molecular weight excluding hydrogens is 266 g/mol. The van der Waals surface area contributed by atoms with Crippen LogP contribution in [0.25, 0.3) is 0 Å². The third kappa shape index (κ3) is 3.15. The summed E-state index contributed by atoms with van der Waals surface area (Å²) in [6.07, 6.45) is 1.15. The molecule has 1 unspecified atom stereocenters. The van der Waals surface area contributed by atoms with Gasteiger partial charge in [-0.15, -0.1) is 0 Å². The number of nitrogen functional groups attached to an aromatic ring is 1. The Balaban J connectivity index is 1.60. The van der Waals surface area contributed by atoms with Crippen LogP contribution in [0.2, 0.25) is 0 Å². The molecule has 0 saturated carbocycles. The molecule has 0 aliphatic carbocycles. The number of hydrazine groups is 1. The van der Waals surface area contributed by atoms with Crippen molar-refractivity contribution in [2.45, 2.75) is 18.9 Å². The molecule has 1 fully saturated rings. The quantitative estimate of drug-likeness (QED) is 0.511. The van der Waals surface area contributed by atoms with Crippen molar-refractivity contribution in [2.75, 3.05) is 13.1 Å². The van der Waals surface area contributed by atoms with Gasteiger partial charge in [-0.2, -0.15) is 0 Å². The fraction of sp³-hybridized carbons (Fsp3) is 0.312. The van der Waals surface area contributed by atoms with Crippen molar-refractivity contribution >= 4 is 5.91 Å². The van der Waals surface area contributed by atoms with Gasteiger partial charge in [-0.25, -0.2) is 5.84 Å². The molecule has 0 radical (unpaired) electrons. The van der Waals surface area contributed by atoms with E-state index >= 15 is 0 Å². The number of nitrogens with one attached hydrogen (secondary N) is 1. The summed E-state index contributed by atoms with van der Waals surface area (Å²) in [7, 11) is 0. The molecule has 1 saturated heterocycles. The van der Waals surface area contributed by atoms with E-state index in [0.29, 0.717) is 5.92 Å². The highest BCUT2D eigenvalue weighted by Gasteiger charge is 2.24. The van der Waals surface area contributed by atoms with E-state index in [9.17, 15) is 4.79 Å². The Kier molecular flexibility index (Phi) is 4.03. The minimum atomic E-state index is -0.398. The summed E-state index contributed by atoms with van der Waals surface area (Å²) in [5.74, 6) is 6.32. The SMILES string of the molecule is NNC(=O)c1ccc(CN2CCC(c3ccccc3)C2)o1. The highest BCUT2D eigenvalue weighted by Crippen LogP contribution is 2.28. The minimum Gasteiger partial charge on any atom is -0.455 e. The maximum Gasteiger partial charge on any atom is 0.300 e. The molecule has 3 N–H and O–H groups in total. The first kappa shape index (κ1) is 13.9. The Morgan fingerprint density at radius 3 is 2.86 bits per heavy atom. The fourth-order valence-electron chi connectivity index (χ4n) is 2.85. The van der Waals surface area contributed by atoms with Crippen LogP contribution in [0.3, 0.4) is 0 Å². The zero-order chi connectivity index (χ0) is 14.7. The highest BCUT2D eigenvalue weighted by atomic mass is 16.4. The number of likely N-dealkylation sites (tertiary alicyclic amines) is 1. The molecule has 1 amide bonds. The summed E-state index contributed by atoms with van der Waals surface area (Å²) in [4.78, 5) is 13.7. The van der Waals surface area contributed by atoms with Gasteiger partial charge in [-0.05, 0) is 36.6 Å². The van der Waals surface area contributed by atoms with E-state index in [4.69, 9.17) is 10.3 Å². The predicted octanol–water partition coefficient (Wildman–Crippen LogP) is 1.87. The van der Waals surface area contributed by atoms with Crippen molar-refractivity contribution < 1.29 is 9.21 Å².